The van der Waals surface area contributed by atoms with Crippen molar-refractivity contribution < 1.29 is 4.74 Å². The van der Waals surface area contributed by atoms with Gasteiger partial charge in [0.1, 0.15) is 10.8 Å². The standard InChI is InChI=1S/C20H27N3OS/c1-15-4-2-11-23(15)12-3-13-24-17-7-5-16(6-8-17)20-22-18-14-21-10-9-19(18)25-20/h5-8,15,21H,2-4,9-14H2,1H3/t15-/m1/s1. The maximum absolute atomic E-state index is 5.92. The minimum atomic E-state index is 0.749. The first kappa shape index (κ1) is 17.0. The van der Waals surface area contributed by atoms with E-state index in [1.54, 1.807) is 0 Å². The molecule has 0 radical (unpaired) electrons. The van der Waals surface area contributed by atoms with E-state index >= 15 is 0 Å². The number of benzene rings is 1. The second kappa shape index (κ2) is 7.85. The van der Waals surface area contributed by atoms with Gasteiger partial charge in [0.05, 0.1) is 12.3 Å². The predicted octanol–water partition coefficient (Wildman–Crippen LogP) is 3.71. The lowest BCUT2D eigenvalue weighted by Crippen LogP contribution is -2.28. The molecule has 0 aliphatic carbocycles. The van der Waals surface area contributed by atoms with Crippen molar-refractivity contribution in [1.29, 1.82) is 0 Å². The molecule has 2 aliphatic heterocycles. The number of likely N-dealkylation sites (tertiary alicyclic amines) is 1. The summed E-state index contributed by atoms with van der Waals surface area (Å²) in [6.07, 6.45) is 4.89. The summed E-state index contributed by atoms with van der Waals surface area (Å²) in [4.78, 5) is 8.80. The molecule has 1 saturated heterocycles. The first-order valence-corrected chi connectivity index (χ1v) is 10.3. The topological polar surface area (TPSA) is 37.4 Å². The minimum Gasteiger partial charge on any atom is -0.494 e. The lowest BCUT2D eigenvalue weighted by molar-refractivity contribution is 0.230. The average Bonchev–Trinajstić information content (AvgIpc) is 3.25. The first-order chi connectivity index (χ1) is 12.3. The van der Waals surface area contributed by atoms with Crippen LogP contribution in [0.1, 0.15) is 36.8 Å². The van der Waals surface area contributed by atoms with Gasteiger partial charge in [-0.05, 0) is 63.4 Å². The van der Waals surface area contributed by atoms with Gasteiger partial charge in [-0.25, -0.2) is 4.98 Å². The molecule has 0 saturated carbocycles. The largest absolute Gasteiger partial charge is 0.494 e. The Morgan fingerprint density at radius 3 is 2.96 bits per heavy atom. The Morgan fingerprint density at radius 2 is 2.20 bits per heavy atom. The number of hydrogen-bond acceptors (Lipinski definition) is 5. The third-order valence-electron chi connectivity index (χ3n) is 5.25. The van der Waals surface area contributed by atoms with Crippen molar-refractivity contribution in [2.45, 2.75) is 45.2 Å². The van der Waals surface area contributed by atoms with Crippen molar-refractivity contribution in [2.24, 2.45) is 0 Å². The van der Waals surface area contributed by atoms with Crippen LogP contribution in [0.5, 0.6) is 5.75 Å². The molecule has 1 fully saturated rings. The normalized spacial score (nSPS) is 20.6. The zero-order valence-corrected chi connectivity index (χ0v) is 15.8. The molecule has 1 aromatic heterocycles. The highest BCUT2D eigenvalue weighted by atomic mass is 32.1. The molecule has 3 heterocycles. The Labute approximate surface area is 154 Å². The van der Waals surface area contributed by atoms with Gasteiger partial charge < -0.3 is 15.0 Å². The van der Waals surface area contributed by atoms with Crippen LogP contribution in [0.4, 0.5) is 0 Å². The highest BCUT2D eigenvalue weighted by molar-refractivity contribution is 7.15. The summed E-state index contributed by atoms with van der Waals surface area (Å²) in [6.45, 7) is 7.50. The zero-order valence-electron chi connectivity index (χ0n) is 15.0. The van der Waals surface area contributed by atoms with E-state index in [1.807, 2.05) is 11.3 Å². The summed E-state index contributed by atoms with van der Waals surface area (Å²) in [5.41, 5.74) is 2.42. The molecule has 4 rings (SSSR count). The monoisotopic (exact) mass is 357 g/mol. The number of aromatic nitrogens is 1. The van der Waals surface area contributed by atoms with Crippen molar-refractivity contribution in [3.63, 3.8) is 0 Å². The summed E-state index contributed by atoms with van der Waals surface area (Å²) < 4.78 is 5.92. The molecule has 0 unspecified atom stereocenters. The van der Waals surface area contributed by atoms with Crippen LogP contribution >= 0.6 is 11.3 Å². The molecule has 0 spiro atoms. The van der Waals surface area contributed by atoms with Gasteiger partial charge in [0, 0.05) is 36.1 Å². The second-order valence-electron chi connectivity index (χ2n) is 7.07. The van der Waals surface area contributed by atoms with E-state index in [1.165, 1.54) is 35.5 Å². The molecular formula is C20H27N3OS. The molecule has 25 heavy (non-hydrogen) atoms. The molecule has 5 heteroatoms. The number of thiazole rings is 1. The quantitative estimate of drug-likeness (QED) is 0.800. The minimum absolute atomic E-state index is 0.749. The van der Waals surface area contributed by atoms with Gasteiger partial charge in [0.25, 0.3) is 0 Å². The highest BCUT2D eigenvalue weighted by Crippen LogP contribution is 2.30. The molecule has 1 aromatic carbocycles. The molecule has 1 atom stereocenters. The van der Waals surface area contributed by atoms with Crippen LogP contribution in [0.3, 0.4) is 0 Å². The van der Waals surface area contributed by atoms with E-state index in [2.05, 4.69) is 41.4 Å². The zero-order chi connectivity index (χ0) is 17.1. The van der Waals surface area contributed by atoms with Crippen LogP contribution < -0.4 is 10.1 Å². The molecule has 0 amide bonds. The Bertz CT molecular complexity index is 674. The van der Waals surface area contributed by atoms with Crippen LogP contribution in [-0.4, -0.2) is 42.2 Å². The smallest absolute Gasteiger partial charge is 0.123 e. The summed E-state index contributed by atoms with van der Waals surface area (Å²) in [5, 5.41) is 4.52. The van der Waals surface area contributed by atoms with Crippen molar-refractivity contribution in [3.05, 3.63) is 34.8 Å². The molecule has 2 aromatic rings. The third kappa shape index (κ3) is 4.05. The maximum atomic E-state index is 5.92. The van der Waals surface area contributed by atoms with E-state index in [4.69, 9.17) is 9.72 Å². The van der Waals surface area contributed by atoms with Crippen LogP contribution in [-0.2, 0) is 13.0 Å². The average molecular weight is 358 g/mol. The van der Waals surface area contributed by atoms with Gasteiger partial charge in [-0.2, -0.15) is 0 Å². The highest BCUT2D eigenvalue weighted by Gasteiger charge is 2.19. The number of fused-ring (bicyclic) bond motifs is 1. The van der Waals surface area contributed by atoms with E-state index in [9.17, 15) is 0 Å². The van der Waals surface area contributed by atoms with E-state index in [0.29, 0.717) is 0 Å². The number of rotatable bonds is 6. The fourth-order valence-corrected chi connectivity index (χ4v) is 4.81. The maximum Gasteiger partial charge on any atom is 0.123 e. The fourth-order valence-electron chi connectivity index (χ4n) is 3.73. The van der Waals surface area contributed by atoms with Gasteiger partial charge in [-0.3, -0.25) is 0 Å². The van der Waals surface area contributed by atoms with Crippen molar-refractivity contribution >= 4 is 11.3 Å². The second-order valence-corrected chi connectivity index (χ2v) is 8.15. The molecule has 0 bridgehead atoms. The van der Waals surface area contributed by atoms with Crippen LogP contribution in [0, 0.1) is 0 Å². The molecule has 1 N–H and O–H groups in total. The Kier molecular flexibility index (Phi) is 5.34. The summed E-state index contributed by atoms with van der Waals surface area (Å²) >= 11 is 1.83. The molecular weight excluding hydrogens is 330 g/mol. The van der Waals surface area contributed by atoms with E-state index in [-0.39, 0.29) is 0 Å². The number of nitrogens with zero attached hydrogens (tertiary/aromatic N) is 2. The van der Waals surface area contributed by atoms with Crippen LogP contribution in [0.15, 0.2) is 24.3 Å². The molecule has 4 nitrogen and oxygen atoms in total. The Balaban J connectivity index is 1.29. The van der Waals surface area contributed by atoms with Gasteiger partial charge in [0.15, 0.2) is 0 Å². The van der Waals surface area contributed by atoms with Crippen molar-refractivity contribution in [1.82, 2.24) is 15.2 Å². The number of nitrogens with one attached hydrogen (secondary N) is 1. The van der Waals surface area contributed by atoms with Gasteiger partial charge in [0.2, 0.25) is 0 Å². The van der Waals surface area contributed by atoms with Crippen LogP contribution in [0.2, 0.25) is 0 Å². The predicted molar refractivity (Wildman–Crippen MR) is 103 cm³/mol. The third-order valence-corrected chi connectivity index (χ3v) is 6.46. The first-order valence-electron chi connectivity index (χ1n) is 9.46. The summed E-state index contributed by atoms with van der Waals surface area (Å²) in [6, 6.07) is 9.17. The van der Waals surface area contributed by atoms with Gasteiger partial charge >= 0.3 is 0 Å². The lowest BCUT2D eigenvalue weighted by Gasteiger charge is -2.20. The molecule has 2 aliphatic rings. The fraction of sp³-hybridized carbons (Fsp3) is 0.550. The summed E-state index contributed by atoms with van der Waals surface area (Å²) in [7, 11) is 0. The van der Waals surface area contributed by atoms with Crippen LogP contribution in [0.25, 0.3) is 10.6 Å². The van der Waals surface area contributed by atoms with E-state index in [0.717, 1.165) is 55.9 Å². The summed E-state index contributed by atoms with van der Waals surface area (Å²) in [5.74, 6) is 0.959. The Morgan fingerprint density at radius 1 is 1.32 bits per heavy atom. The van der Waals surface area contributed by atoms with E-state index < -0.39 is 0 Å². The number of ether oxygens (including phenoxy) is 1. The van der Waals surface area contributed by atoms with Gasteiger partial charge in [-0.15, -0.1) is 11.3 Å². The van der Waals surface area contributed by atoms with Crippen molar-refractivity contribution in [3.8, 4) is 16.3 Å². The lowest BCUT2D eigenvalue weighted by atomic mass is 10.2. The van der Waals surface area contributed by atoms with Crippen molar-refractivity contribution in [2.75, 3.05) is 26.2 Å². The Hall–Kier alpha value is -1.43. The molecule has 134 valence electrons. The van der Waals surface area contributed by atoms with Gasteiger partial charge in [-0.1, -0.05) is 0 Å². The SMILES string of the molecule is C[C@@H]1CCCN1CCCOc1ccc(-c2nc3c(s2)CCNC3)cc1. The number of hydrogen-bond donors (Lipinski definition) is 1.